The number of carbonyl (C=O) groups is 2. The molecule has 0 radical (unpaired) electrons. The van der Waals surface area contributed by atoms with Gasteiger partial charge < -0.3 is 9.47 Å². The highest BCUT2D eigenvalue weighted by Gasteiger charge is 2.14. The summed E-state index contributed by atoms with van der Waals surface area (Å²) in [6.45, 7) is 4.51. The third-order valence-electron chi connectivity index (χ3n) is 3.81. The third-order valence-corrected chi connectivity index (χ3v) is 4.54. The maximum absolute atomic E-state index is 12.5. The molecule has 0 aliphatic rings. The molecule has 0 heterocycles. The molecule has 30 heavy (non-hydrogen) atoms. The number of amides is 2. The highest BCUT2D eigenvalue weighted by atomic mass is 79.9. The van der Waals surface area contributed by atoms with Crippen LogP contribution in [-0.4, -0.2) is 30.1 Å². The standard InChI is InChI=1S/C21H24BrN3O4S/c1-14(2)11-12-28-18-6-4-3-5-17(18)20(27)23-21(30)25-24-19(26)13-29-16-9-7-15(22)8-10-16/h3-10,14H,11-13H2,1-2H3,(H,24,26)(H2,23,25,27,30). The second kappa shape index (κ2) is 12.1. The van der Waals surface area contributed by atoms with E-state index < -0.39 is 11.8 Å². The Bertz CT molecular complexity index is 875. The molecule has 7 nitrogen and oxygen atoms in total. The minimum Gasteiger partial charge on any atom is -0.493 e. The number of halogens is 1. The first-order valence-electron chi connectivity index (χ1n) is 9.35. The predicted molar refractivity (Wildman–Crippen MR) is 122 cm³/mol. The van der Waals surface area contributed by atoms with Crippen molar-refractivity contribution < 1.29 is 19.1 Å². The summed E-state index contributed by atoms with van der Waals surface area (Å²) in [5.41, 5.74) is 5.21. The van der Waals surface area contributed by atoms with Crippen molar-refractivity contribution in [2.45, 2.75) is 20.3 Å². The van der Waals surface area contributed by atoms with Crippen LogP contribution in [-0.2, 0) is 4.79 Å². The van der Waals surface area contributed by atoms with Crippen molar-refractivity contribution >= 4 is 45.1 Å². The van der Waals surface area contributed by atoms with Crippen LogP contribution in [0.15, 0.2) is 53.0 Å². The number of nitrogens with one attached hydrogen (secondary N) is 3. The van der Waals surface area contributed by atoms with Crippen LogP contribution in [0.3, 0.4) is 0 Å². The SMILES string of the molecule is CC(C)CCOc1ccccc1C(=O)NC(=S)NNC(=O)COc1ccc(Br)cc1. The summed E-state index contributed by atoms with van der Waals surface area (Å²) in [6, 6.07) is 14.0. The highest BCUT2D eigenvalue weighted by Crippen LogP contribution is 2.18. The number of rotatable bonds is 8. The summed E-state index contributed by atoms with van der Waals surface area (Å²) in [5.74, 6) is 0.641. The molecular formula is C21H24BrN3O4S. The first-order valence-corrected chi connectivity index (χ1v) is 10.6. The second-order valence-electron chi connectivity index (χ2n) is 6.73. The van der Waals surface area contributed by atoms with Gasteiger partial charge in [-0.15, -0.1) is 0 Å². The Morgan fingerprint density at radius 2 is 1.73 bits per heavy atom. The van der Waals surface area contributed by atoms with Gasteiger partial charge in [-0.2, -0.15) is 0 Å². The van der Waals surface area contributed by atoms with E-state index in [2.05, 4.69) is 45.9 Å². The summed E-state index contributed by atoms with van der Waals surface area (Å²) in [6.07, 6.45) is 0.879. The van der Waals surface area contributed by atoms with Crippen molar-refractivity contribution in [3.8, 4) is 11.5 Å². The quantitative estimate of drug-likeness (QED) is 0.384. The molecule has 2 amide bonds. The molecular weight excluding hydrogens is 470 g/mol. The van der Waals surface area contributed by atoms with Crippen molar-refractivity contribution in [1.82, 2.24) is 16.2 Å². The molecule has 160 valence electrons. The molecule has 0 saturated carbocycles. The van der Waals surface area contributed by atoms with Gasteiger partial charge in [0.1, 0.15) is 11.5 Å². The third kappa shape index (κ3) is 8.38. The number of para-hydroxylation sites is 1. The molecule has 0 aromatic heterocycles. The Labute approximate surface area is 189 Å². The lowest BCUT2D eigenvalue weighted by Gasteiger charge is -2.14. The number of ether oxygens (including phenoxy) is 2. The first kappa shape index (κ1) is 23.6. The van der Waals surface area contributed by atoms with Gasteiger partial charge in [0.2, 0.25) is 0 Å². The Hall–Kier alpha value is -2.65. The number of hydrogen-bond acceptors (Lipinski definition) is 5. The summed E-state index contributed by atoms with van der Waals surface area (Å²) in [5, 5.41) is 2.46. The average molecular weight is 494 g/mol. The molecule has 0 saturated heterocycles. The number of hydrogen-bond donors (Lipinski definition) is 3. The highest BCUT2D eigenvalue weighted by molar-refractivity contribution is 9.10. The number of hydrazine groups is 1. The van der Waals surface area contributed by atoms with Gasteiger partial charge in [-0.1, -0.05) is 41.9 Å². The smallest absolute Gasteiger partial charge is 0.276 e. The Balaban J connectivity index is 1.78. The van der Waals surface area contributed by atoms with E-state index in [1.54, 1.807) is 48.5 Å². The molecule has 9 heteroatoms. The minimum atomic E-state index is -0.452. The van der Waals surface area contributed by atoms with Gasteiger partial charge in [-0.05, 0) is 61.0 Å². The normalized spacial score (nSPS) is 10.3. The van der Waals surface area contributed by atoms with Crippen LogP contribution >= 0.6 is 28.1 Å². The molecule has 2 rings (SSSR count). The fourth-order valence-electron chi connectivity index (χ4n) is 2.23. The van der Waals surface area contributed by atoms with Crippen molar-refractivity contribution in [2.24, 2.45) is 5.92 Å². The molecule has 0 bridgehead atoms. The average Bonchev–Trinajstić information content (AvgIpc) is 2.72. The van der Waals surface area contributed by atoms with Crippen LogP contribution in [0.4, 0.5) is 0 Å². The van der Waals surface area contributed by atoms with E-state index in [4.69, 9.17) is 21.7 Å². The van der Waals surface area contributed by atoms with Gasteiger partial charge in [0.05, 0.1) is 12.2 Å². The van der Waals surface area contributed by atoms with E-state index in [9.17, 15) is 9.59 Å². The molecule has 2 aromatic rings. The van der Waals surface area contributed by atoms with E-state index in [0.717, 1.165) is 10.9 Å². The molecule has 0 atom stereocenters. The summed E-state index contributed by atoms with van der Waals surface area (Å²) < 4.78 is 12.0. The Kier molecular flexibility index (Phi) is 9.56. The van der Waals surface area contributed by atoms with Crippen LogP contribution < -0.4 is 25.6 Å². The number of carbonyl (C=O) groups excluding carboxylic acids is 2. The molecule has 0 unspecified atom stereocenters. The Morgan fingerprint density at radius 1 is 1.03 bits per heavy atom. The zero-order chi connectivity index (χ0) is 21.9. The number of thiocarbonyl (C=S) groups is 1. The molecule has 3 N–H and O–H groups in total. The Morgan fingerprint density at radius 3 is 2.43 bits per heavy atom. The van der Waals surface area contributed by atoms with Crippen molar-refractivity contribution in [3.63, 3.8) is 0 Å². The van der Waals surface area contributed by atoms with Gasteiger partial charge in [0.15, 0.2) is 11.7 Å². The van der Waals surface area contributed by atoms with Crippen molar-refractivity contribution in [2.75, 3.05) is 13.2 Å². The van der Waals surface area contributed by atoms with Gasteiger partial charge >= 0.3 is 0 Å². The molecule has 2 aromatic carbocycles. The van der Waals surface area contributed by atoms with Crippen LogP contribution in [0, 0.1) is 5.92 Å². The van der Waals surface area contributed by atoms with Crippen LogP contribution in [0.25, 0.3) is 0 Å². The van der Waals surface area contributed by atoms with Gasteiger partial charge in [0.25, 0.3) is 11.8 Å². The van der Waals surface area contributed by atoms with Gasteiger partial charge in [-0.25, -0.2) is 0 Å². The summed E-state index contributed by atoms with van der Waals surface area (Å²) in [4.78, 5) is 24.4. The van der Waals surface area contributed by atoms with Crippen LogP contribution in [0.2, 0.25) is 0 Å². The largest absolute Gasteiger partial charge is 0.493 e. The van der Waals surface area contributed by atoms with E-state index in [0.29, 0.717) is 29.6 Å². The first-order chi connectivity index (χ1) is 14.3. The van der Waals surface area contributed by atoms with E-state index in [1.807, 2.05) is 0 Å². The minimum absolute atomic E-state index is 0.0472. The lowest BCUT2D eigenvalue weighted by atomic mass is 10.1. The fourth-order valence-corrected chi connectivity index (χ4v) is 2.64. The van der Waals surface area contributed by atoms with Gasteiger partial charge in [-0.3, -0.25) is 25.8 Å². The zero-order valence-corrected chi connectivity index (χ0v) is 19.1. The molecule has 0 aliphatic heterocycles. The zero-order valence-electron chi connectivity index (χ0n) is 16.7. The maximum atomic E-state index is 12.5. The molecule has 0 spiro atoms. The summed E-state index contributed by atoms with van der Waals surface area (Å²) in [7, 11) is 0. The molecule has 0 fully saturated rings. The molecule has 0 aliphatic carbocycles. The fraction of sp³-hybridized carbons (Fsp3) is 0.286. The topological polar surface area (TPSA) is 88.7 Å². The monoisotopic (exact) mass is 493 g/mol. The number of benzene rings is 2. The maximum Gasteiger partial charge on any atom is 0.276 e. The second-order valence-corrected chi connectivity index (χ2v) is 8.05. The van der Waals surface area contributed by atoms with E-state index in [1.165, 1.54) is 0 Å². The van der Waals surface area contributed by atoms with Crippen molar-refractivity contribution in [1.29, 1.82) is 0 Å². The lowest BCUT2D eigenvalue weighted by Crippen LogP contribution is -2.49. The lowest BCUT2D eigenvalue weighted by molar-refractivity contribution is -0.123. The van der Waals surface area contributed by atoms with Gasteiger partial charge in [0, 0.05) is 4.47 Å². The van der Waals surface area contributed by atoms with E-state index >= 15 is 0 Å². The van der Waals surface area contributed by atoms with Crippen LogP contribution in [0.1, 0.15) is 30.6 Å². The summed E-state index contributed by atoms with van der Waals surface area (Å²) >= 11 is 8.38. The van der Waals surface area contributed by atoms with Crippen LogP contribution in [0.5, 0.6) is 11.5 Å². The van der Waals surface area contributed by atoms with Crippen molar-refractivity contribution in [3.05, 3.63) is 58.6 Å². The van der Waals surface area contributed by atoms with E-state index in [-0.39, 0.29) is 11.7 Å². The predicted octanol–water partition coefficient (Wildman–Crippen LogP) is 3.59.